The minimum absolute atomic E-state index is 0.0129. The summed E-state index contributed by atoms with van der Waals surface area (Å²) in [6, 6.07) is 58.3. The van der Waals surface area contributed by atoms with Crippen molar-refractivity contribution in [1.29, 1.82) is 0 Å². The molecule has 1 saturated carbocycles. The van der Waals surface area contributed by atoms with E-state index >= 15 is 0 Å². The molecular weight excluding hydrogens is 705 g/mol. The molecular formula is C53H46BN3O. The molecule has 5 heteroatoms. The minimum atomic E-state index is -0.251. The van der Waals surface area contributed by atoms with Gasteiger partial charge in [-0.25, -0.2) is 0 Å². The molecule has 58 heavy (non-hydrogen) atoms. The highest BCUT2D eigenvalue weighted by Gasteiger charge is 2.62. The van der Waals surface area contributed by atoms with Crippen LogP contribution in [0.1, 0.15) is 70.1 Å². The lowest BCUT2D eigenvalue weighted by atomic mass is 9.33. The molecule has 12 rings (SSSR count). The van der Waals surface area contributed by atoms with Gasteiger partial charge in [-0.05, 0) is 108 Å². The summed E-state index contributed by atoms with van der Waals surface area (Å²) in [5, 5.41) is 0. The van der Waals surface area contributed by atoms with Crippen molar-refractivity contribution in [3.8, 4) is 11.5 Å². The van der Waals surface area contributed by atoms with Crippen LogP contribution in [0.15, 0.2) is 158 Å². The number of para-hydroxylation sites is 4. The third-order valence-electron chi connectivity index (χ3n) is 14.8. The van der Waals surface area contributed by atoms with E-state index in [0.717, 1.165) is 46.4 Å². The molecule has 0 bridgehead atoms. The second-order valence-corrected chi connectivity index (χ2v) is 18.0. The van der Waals surface area contributed by atoms with Gasteiger partial charge in [-0.15, -0.1) is 0 Å². The number of ether oxygens (including phenoxy) is 1. The maximum Gasteiger partial charge on any atom is 0.252 e. The fraction of sp³-hybridized carbons (Fsp3) is 0.208. The Morgan fingerprint density at radius 1 is 0.552 bits per heavy atom. The average molecular weight is 752 g/mol. The molecule has 0 radical (unpaired) electrons. The Morgan fingerprint density at radius 2 is 1.19 bits per heavy atom. The molecule has 4 aliphatic heterocycles. The van der Waals surface area contributed by atoms with Crippen LogP contribution in [0.5, 0.6) is 11.5 Å². The quantitative estimate of drug-likeness (QED) is 0.167. The maximum atomic E-state index is 7.19. The van der Waals surface area contributed by atoms with Gasteiger partial charge in [-0.2, -0.15) is 0 Å². The molecule has 0 amide bonds. The standard InChI is InChI=1S/C53H46BN3O/c1-51(2)39-24-14-15-25-46(39)58-50-41(51)27-29-42-49(50)56(37-22-12-7-13-23-37)45-31-28-40-48-47(45)54(42)43-34-38(55(35-18-8-5-9-19-35)36-20-10-6-11-21-36)26-30-44(43)57(48)53(4)33-17-16-32-52(40,53)3/h5-15,18-31,34H,16-17,32-33H2,1-4H3. The van der Waals surface area contributed by atoms with E-state index in [1.807, 2.05) is 0 Å². The van der Waals surface area contributed by atoms with Crippen molar-refractivity contribution in [2.75, 3.05) is 14.7 Å². The van der Waals surface area contributed by atoms with E-state index in [-0.39, 0.29) is 23.1 Å². The van der Waals surface area contributed by atoms with Gasteiger partial charge >= 0.3 is 0 Å². The monoisotopic (exact) mass is 751 g/mol. The molecule has 1 aliphatic carbocycles. The predicted molar refractivity (Wildman–Crippen MR) is 242 cm³/mol. The highest BCUT2D eigenvalue weighted by Crippen LogP contribution is 2.63. The first-order valence-electron chi connectivity index (χ1n) is 21.1. The first kappa shape index (κ1) is 33.9. The van der Waals surface area contributed by atoms with Crippen molar-refractivity contribution < 1.29 is 4.74 Å². The number of anilines is 8. The zero-order chi connectivity index (χ0) is 39.0. The minimum Gasteiger partial charge on any atom is -0.455 e. The molecule has 5 aliphatic rings. The third-order valence-corrected chi connectivity index (χ3v) is 14.8. The molecule has 4 heterocycles. The summed E-state index contributed by atoms with van der Waals surface area (Å²) in [5.41, 5.74) is 17.4. The molecule has 7 aromatic rings. The number of rotatable bonds is 4. The topological polar surface area (TPSA) is 19.0 Å². The molecule has 0 aromatic heterocycles. The van der Waals surface area contributed by atoms with Gasteiger partial charge in [-0.1, -0.05) is 125 Å². The number of hydrogen-bond donors (Lipinski definition) is 0. The predicted octanol–water partition coefficient (Wildman–Crippen LogP) is 11.9. The van der Waals surface area contributed by atoms with E-state index < -0.39 is 0 Å². The second-order valence-electron chi connectivity index (χ2n) is 18.0. The van der Waals surface area contributed by atoms with Crippen LogP contribution in [-0.4, -0.2) is 12.3 Å². The lowest BCUT2D eigenvalue weighted by Gasteiger charge is -2.52. The van der Waals surface area contributed by atoms with E-state index in [4.69, 9.17) is 4.74 Å². The summed E-state index contributed by atoms with van der Waals surface area (Å²) in [4.78, 5) is 7.76. The van der Waals surface area contributed by atoms with Crippen LogP contribution < -0.4 is 35.8 Å². The molecule has 0 spiro atoms. The Kier molecular flexibility index (Phi) is 6.97. The summed E-state index contributed by atoms with van der Waals surface area (Å²) in [7, 11) is 0. The van der Waals surface area contributed by atoms with Gasteiger partial charge in [0.15, 0.2) is 5.75 Å². The average Bonchev–Trinajstić information content (AvgIpc) is 3.47. The molecule has 0 N–H and O–H groups in total. The van der Waals surface area contributed by atoms with Crippen LogP contribution in [0.2, 0.25) is 0 Å². The highest BCUT2D eigenvalue weighted by molar-refractivity contribution is 7.00. The number of hydrogen-bond acceptors (Lipinski definition) is 4. The van der Waals surface area contributed by atoms with Gasteiger partial charge in [0.05, 0.1) is 11.2 Å². The third kappa shape index (κ3) is 4.32. The Labute approximate surface area is 342 Å². The van der Waals surface area contributed by atoms with Crippen molar-refractivity contribution >= 4 is 68.6 Å². The van der Waals surface area contributed by atoms with Crippen molar-refractivity contribution in [2.24, 2.45) is 0 Å². The molecule has 7 aromatic carbocycles. The van der Waals surface area contributed by atoms with E-state index in [2.05, 4.69) is 200 Å². The smallest absolute Gasteiger partial charge is 0.252 e. The fourth-order valence-electron chi connectivity index (χ4n) is 11.8. The van der Waals surface area contributed by atoms with Crippen molar-refractivity contribution in [3.63, 3.8) is 0 Å². The van der Waals surface area contributed by atoms with Crippen LogP contribution in [-0.2, 0) is 10.8 Å². The van der Waals surface area contributed by atoms with Crippen LogP contribution >= 0.6 is 0 Å². The van der Waals surface area contributed by atoms with Crippen molar-refractivity contribution in [2.45, 2.75) is 69.7 Å². The van der Waals surface area contributed by atoms with Crippen LogP contribution in [0.25, 0.3) is 0 Å². The zero-order valence-electron chi connectivity index (χ0n) is 33.7. The molecule has 282 valence electrons. The highest BCUT2D eigenvalue weighted by atomic mass is 16.5. The molecule has 2 atom stereocenters. The van der Waals surface area contributed by atoms with Crippen molar-refractivity contribution in [3.05, 3.63) is 174 Å². The number of nitrogens with zero attached hydrogens (tertiary/aromatic N) is 3. The molecule has 2 unspecified atom stereocenters. The first-order valence-corrected chi connectivity index (χ1v) is 21.1. The zero-order valence-corrected chi connectivity index (χ0v) is 33.7. The summed E-state index contributed by atoms with van der Waals surface area (Å²) in [5.74, 6) is 1.89. The van der Waals surface area contributed by atoms with Gasteiger partial charge in [-0.3, -0.25) is 0 Å². The molecule has 0 saturated heterocycles. The van der Waals surface area contributed by atoms with Gasteiger partial charge in [0.25, 0.3) is 6.71 Å². The van der Waals surface area contributed by atoms with Crippen LogP contribution in [0, 0.1) is 0 Å². The van der Waals surface area contributed by atoms with E-state index in [0.29, 0.717) is 0 Å². The maximum absolute atomic E-state index is 7.19. The van der Waals surface area contributed by atoms with E-state index in [9.17, 15) is 0 Å². The summed E-state index contributed by atoms with van der Waals surface area (Å²) >= 11 is 0. The summed E-state index contributed by atoms with van der Waals surface area (Å²) in [6.07, 6.45) is 4.85. The van der Waals surface area contributed by atoms with Gasteiger partial charge < -0.3 is 19.4 Å². The second kappa shape index (κ2) is 11.9. The normalized spacial score (nSPS) is 21.1. The van der Waals surface area contributed by atoms with Gasteiger partial charge in [0.1, 0.15) is 5.75 Å². The van der Waals surface area contributed by atoms with E-state index in [1.54, 1.807) is 0 Å². The Balaban J connectivity index is 1.18. The number of fused-ring (bicyclic) bond motifs is 11. The Morgan fingerprint density at radius 3 is 1.93 bits per heavy atom. The first-order chi connectivity index (χ1) is 28.3. The lowest BCUT2D eigenvalue weighted by Crippen LogP contribution is -2.64. The van der Waals surface area contributed by atoms with Gasteiger partial charge in [0.2, 0.25) is 0 Å². The van der Waals surface area contributed by atoms with Crippen LogP contribution in [0.4, 0.5) is 45.5 Å². The molecule has 1 fully saturated rings. The number of benzene rings is 7. The fourth-order valence-corrected chi connectivity index (χ4v) is 11.8. The lowest BCUT2D eigenvalue weighted by molar-refractivity contribution is 0.195. The SMILES string of the molecule is CC1(C)c2ccccc2Oc2c1ccc1c2N(c2ccccc2)c2ccc3c4c2B1c1cc(N(c2ccccc2)c2ccccc2)ccc1N4C1(C)CCCCC31C. The summed E-state index contributed by atoms with van der Waals surface area (Å²) < 4.78 is 7.19. The Bertz CT molecular complexity index is 2760. The van der Waals surface area contributed by atoms with E-state index in [1.165, 1.54) is 69.4 Å². The van der Waals surface area contributed by atoms with Crippen molar-refractivity contribution in [1.82, 2.24) is 0 Å². The van der Waals surface area contributed by atoms with Crippen LogP contribution in [0.3, 0.4) is 0 Å². The largest absolute Gasteiger partial charge is 0.455 e. The van der Waals surface area contributed by atoms with Gasteiger partial charge in [0, 0.05) is 61.8 Å². The Hall–Kier alpha value is -6.20. The summed E-state index contributed by atoms with van der Waals surface area (Å²) in [6.45, 7) is 9.81. The molecule has 4 nitrogen and oxygen atoms in total.